The number of hydrogen-bond acceptors (Lipinski definition) is 1. The molecule has 0 aliphatic carbocycles. The molecule has 0 radical (unpaired) electrons. The molecule has 0 amide bonds. The zero-order valence-corrected chi connectivity index (χ0v) is 6.84. The third-order valence-corrected chi connectivity index (χ3v) is 1.67. The molecule has 0 spiro atoms. The van der Waals surface area contributed by atoms with Gasteiger partial charge in [-0.2, -0.15) is 0 Å². The zero-order valence-electron chi connectivity index (χ0n) is 6.84. The van der Waals surface area contributed by atoms with E-state index in [0.29, 0.717) is 5.56 Å². The molecule has 0 aliphatic rings. The van der Waals surface area contributed by atoms with Gasteiger partial charge in [0, 0.05) is 11.6 Å². The van der Waals surface area contributed by atoms with Gasteiger partial charge in [0.15, 0.2) is 0 Å². The van der Waals surface area contributed by atoms with Crippen molar-refractivity contribution in [1.82, 2.24) is 0 Å². The molecule has 1 aromatic carbocycles. The largest absolute Gasteiger partial charge is 0.324 e. The van der Waals surface area contributed by atoms with Crippen molar-refractivity contribution in [3.05, 3.63) is 35.1 Å². The maximum Gasteiger partial charge on any atom is 0.143 e. The summed E-state index contributed by atoms with van der Waals surface area (Å²) in [5.74, 6) is 1.88. The lowest BCUT2D eigenvalue weighted by Crippen LogP contribution is -2.08. The second-order valence-electron chi connectivity index (χ2n) is 2.64. The molecule has 2 heteroatoms. The van der Waals surface area contributed by atoms with Gasteiger partial charge in [-0.3, -0.25) is 0 Å². The SMILES string of the molecule is C#Cc1cccc([C@@H](C)N)c1F. The van der Waals surface area contributed by atoms with Crippen molar-refractivity contribution in [2.45, 2.75) is 13.0 Å². The highest BCUT2D eigenvalue weighted by Gasteiger charge is 2.08. The Hall–Kier alpha value is -1.33. The Kier molecular flexibility index (Phi) is 2.47. The molecule has 2 N–H and O–H groups in total. The average Bonchev–Trinajstić information content (AvgIpc) is 2.04. The van der Waals surface area contributed by atoms with Gasteiger partial charge in [-0.1, -0.05) is 18.1 Å². The molecule has 12 heavy (non-hydrogen) atoms. The molecule has 0 saturated carbocycles. The second kappa shape index (κ2) is 3.38. The van der Waals surface area contributed by atoms with Gasteiger partial charge in [-0.15, -0.1) is 6.42 Å². The minimum atomic E-state index is -0.380. The summed E-state index contributed by atoms with van der Waals surface area (Å²) in [4.78, 5) is 0. The summed E-state index contributed by atoms with van der Waals surface area (Å²) in [6.45, 7) is 1.72. The van der Waals surface area contributed by atoms with Crippen LogP contribution >= 0.6 is 0 Å². The Morgan fingerprint density at radius 3 is 2.75 bits per heavy atom. The lowest BCUT2D eigenvalue weighted by molar-refractivity contribution is 0.590. The molecule has 0 bridgehead atoms. The first-order valence-electron chi connectivity index (χ1n) is 3.67. The summed E-state index contributed by atoms with van der Waals surface area (Å²) < 4.78 is 13.3. The topological polar surface area (TPSA) is 26.0 Å². The van der Waals surface area contributed by atoms with Crippen LogP contribution < -0.4 is 5.73 Å². The van der Waals surface area contributed by atoms with Gasteiger partial charge < -0.3 is 5.73 Å². The smallest absolute Gasteiger partial charge is 0.143 e. The minimum Gasteiger partial charge on any atom is -0.324 e. The summed E-state index contributed by atoms with van der Waals surface area (Å²) in [5.41, 5.74) is 6.26. The Morgan fingerprint density at radius 1 is 1.58 bits per heavy atom. The predicted octanol–water partition coefficient (Wildman–Crippen LogP) is 1.83. The molecule has 1 aromatic rings. The molecular weight excluding hydrogens is 153 g/mol. The second-order valence-corrected chi connectivity index (χ2v) is 2.64. The molecular formula is C10H10FN. The lowest BCUT2D eigenvalue weighted by atomic mass is 10.1. The summed E-state index contributed by atoms with van der Waals surface area (Å²) in [6.07, 6.45) is 5.09. The van der Waals surface area contributed by atoms with Crippen LogP contribution in [0, 0.1) is 18.2 Å². The van der Waals surface area contributed by atoms with Crippen LogP contribution in [0.5, 0.6) is 0 Å². The quantitative estimate of drug-likeness (QED) is 0.628. The summed E-state index contributed by atoms with van der Waals surface area (Å²) in [5, 5.41) is 0. The highest BCUT2D eigenvalue weighted by Crippen LogP contribution is 2.17. The third-order valence-electron chi connectivity index (χ3n) is 1.67. The van der Waals surface area contributed by atoms with Gasteiger partial charge in [0.1, 0.15) is 5.82 Å². The molecule has 0 unspecified atom stereocenters. The normalized spacial score (nSPS) is 12.2. The molecule has 1 rings (SSSR count). The van der Waals surface area contributed by atoms with E-state index in [1.165, 1.54) is 0 Å². The van der Waals surface area contributed by atoms with Gasteiger partial charge in [0.05, 0.1) is 5.56 Å². The number of rotatable bonds is 1. The predicted molar refractivity (Wildman–Crippen MR) is 46.9 cm³/mol. The first-order chi connectivity index (χ1) is 5.66. The van der Waals surface area contributed by atoms with Crippen LogP contribution in [0.1, 0.15) is 24.1 Å². The number of hydrogen-bond donors (Lipinski definition) is 1. The molecule has 62 valence electrons. The number of benzene rings is 1. The van der Waals surface area contributed by atoms with Crippen molar-refractivity contribution in [2.24, 2.45) is 5.73 Å². The average molecular weight is 163 g/mol. The van der Waals surface area contributed by atoms with Crippen LogP contribution in [0.2, 0.25) is 0 Å². The van der Waals surface area contributed by atoms with Crippen molar-refractivity contribution < 1.29 is 4.39 Å². The highest BCUT2D eigenvalue weighted by molar-refractivity contribution is 5.38. The van der Waals surface area contributed by atoms with E-state index < -0.39 is 0 Å². The van der Waals surface area contributed by atoms with Crippen LogP contribution in [0.4, 0.5) is 4.39 Å². The maximum atomic E-state index is 13.3. The van der Waals surface area contributed by atoms with Crippen LogP contribution in [0.15, 0.2) is 18.2 Å². The highest BCUT2D eigenvalue weighted by atomic mass is 19.1. The number of halogens is 1. The van der Waals surface area contributed by atoms with E-state index in [0.717, 1.165) is 0 Å². The van der Waals surface area contributed by atoms with Crippen LogP contribution in [0.25, 0.3) is 0 Å². The lowest BCUT2D eigenvalue weighted by Gasteiger charge is -2.07. The van der Waals surface area contributed by atoms with E-state index in [1.807, 2.05) is 0 Å². The zero-order chi connectivity index (χ0) is 9.14. The Morgan fingerprint density at radius 2 is 2.25 bits per heavy atom. The standard InChI is InChI=1S/C10H10FN/c1-3-8-5-4-6-9(7(2)12)10(8)11/h1,4-7H,12H2,2H3/t7-/m1/s1. The van der Waals surface area contributed by atoms with Crippen LogP contribution in [-0.4, -0.2) is 0 Å². The first kappa shape index (κ1) is 8.76. The summed E-state index contributed by atoms with van der Waals surface area (Å²) in [6, 6.07) is 4.58. The van der Waals surface area contributed by atoms with Gasteiger partial charge in [0.25, 0.3) is 0 Å². The van der Waals surface area contributed by atoms with Crippen molar-refractivity contribution in [3.8, 4) is 12.3 Å². The van der Waals surface area contributed by atoms with E-state index in [4.69, 9.17) is 12.2 Å². The van der Waals surface area contributed by atoms with Crippen LogP contribution in [-0.2, 0) is 0 Å². The summed E-state index contributed by atoms with van der Waals surface area (Å²) >= 11 is 0. The molecule has 0 saturated heterocycles. The molecule has 0 fully saturated rings. The van der Waals surface area contributed by atoms with Crippen molar-refractivity contribution >= 4 is 0 Å². The number of terminal acetylenes is 1. The van der Waals surface area contributed by atoms with E-state index in [-0.39, 0.29) is 17.4 Å². The molecule has 0 aliphatic heterocycles. The summed E-state index contributed by atoms with van der Waals surface area (Å²) in [7, 11) is 0. The Labute approximate surface area is 71.4 Å². The van der Waals surface area contributed by atoms with E-state index >= 15 is 0 Å². The molecule has 0 aromatic heterocycles. The molecule has 1 nitrogen and oxygen atoms in total. The number of nitrogens with two attached hydrogens (primary N) is 1. The van der Waals surface area contributed by atoms with Crippen molar-refractivity contribution in [1.29, 1.82) is 0 Å². The monoisotopic (exact) mass is 163 g/mol. The van der Waals surface area contributed by atoms with Gasteiger partial charge in [0.2, 0.25) is 0 Å². The Balaban J connectivity index is 3.25. The first-order valence-corrected chi connectivity index (χ1v) is 3.67. The Bertz CT molecular complexity index is 323. The fraction of sp³-hybridized carbons (Fsp3) is 0.200. The van der Waals surface area contributed by atoms with Gasteiger partial charge in [-0.25, -0.2) is 4.39 Å². The fourth-order valence-corrected chi connectivity index (χ4v) is 1.01. The van der Waals surface area contributed by atoms with Crippen molar-refractivity contribution in [3.63, 3.8) is 0 Å². The molecule has 0 heterocycles. The fourth-order valence-electron chi connectivity index (χ4n) is 1.01. The van der Waals surface area contributed by atoms with Gasteiger partial charge >= 0.3 is 0 Å². The molecule has 1 atom stereocenters. The van der Waals surface area contributed by atoms with E-state index in [2.05, 4.69) is 5.92 Å². The van der Waals surface area contributed by atoms with Crippen LogP contribution in [0.3, 0.4) is 0 Å². The van der Waals surface area contributed by atoms with E-state index in [1.54, 1.807) is 25.1 Å². The maximum absolute atomic E-state index is 13.3. The van der Waals surface area contributed by atoms with E-state index in [9.17, 15) is 4.39 Å². The van der Waals surface area contributed by atoms with Gasteiger partial charge in [-0.05, 0) is 13.0 Å². The minimum absolute atomic E-state index is 0.268. The van der Waals surface area contributed by atoms with Crippen molar-refractivity contribution in [2.75, 3.05) is 0 Å². The third kappa shape index (κ3) is 1.46.